The van der Waals surface area contributed by atoms with Gasteiger partial charge in [0.15, 0.2) is 12.0 Å². The van der Waals surface area contributed by atoms with Crippen LogP contribution in [0.15, 0.2) is 24.9 Å². The van der Waals surface area contributed by atoms with E-state index < -0.39 is 80.4 Å². The molecule has 4 N–H and O–H groups in total. The Bertz CT molecular complexity index is 1140. The maximum absolute atomic E-state index is 14.3. The van der Waals surface area contributed by atoms with E-state index in [9.17, 15) is 34.0 Å². The fraction of sp³-hybridized carbons (Fsp3) is 0.733. The van der Waals surface area contributed by atoms with Gasteiger partial charge in [0.2, 0.25) is 5.91 Å². The number of carbonyl (C=O) groups excluding carboxylic acids is 4. The molecule has 45 heavy (non-hydrogen) atoms. The fourth-order valence-corrected chi connectivity index (χ4v) is 7.81. The Labute approximate surface area is 263 Å². The van der Waals surface area contributed by atoms with Gasteiger partial charge in [-0.1, -0.05) is 18.9 Å². The number of aliphatic hydroxyl groups is 2. The second-order valence-corrected chi connectivity index (χ2v) is 14.2. The zero-order valence-electron chi connectivity index (χ0n) is 25.9. The van der Waals surface area contributed by atoms with Gasteiger partial charge in [-0.05, 0) is 71.3 Å². The molecule has 3 fully saturated rings. The molecule has 252 valence electrons. The van der Waals surface area contributed by atoms with Crippen molar-refractivity contribution in [3.8, 4) is 0 Å². The summed E-state index contributed by atoms with van der Waals surface area (Å²) >= 11 is 0. The van der Waals surface area contributed by atoms with E-state index in [0.717, 1.165) is 87.5 Å². The lowest BCUT2D eigenvalue weighted by Crippen LogP contribution is -2.48. The van der Waals surface area contributed by atoms with Crippen molar-refractivity contribution in [1.82, 2.24) is 15.1 Å². The van der Waals surface area contributed by atoms with Gasteiger partial charge in [0.05, 0.1) is 13.0 Å². The summed E-state index contributed by atoms with van der Waals surface area (Å²) in [6.07, 6.45) is 6.59. The molecule has 0 aromatic rings. The molecule has 2 aliphatic carbocycles. The summed E-state index contributed by atoms with van der Waals surface area (Å²) in [7, 11) is -4.33. The molecule has 0 aromatic carbocycles. The second-order valence-electron chi connectivity index (χ2n) is 12.3. The average Bonchev–Trinajstić information content (AvgIpc) is 3.26. The molecular weight excluding hydrogens is 609 g/mol. The molecule has 6 atom stereocenters. The van der Waals surface area contributed by atoms with Crippen LogP contribution in [-0.4, -0.2) is 93.7 Å². The first-order chi connectivity index (χ1) is 21.4. The minimum absolute atomic E-state index is 0.250. The van der Waals surface area contributed by atoms with Crippen LogP contribution < -0.4 is 10.2 Å². The van der Waals surface area contributed by atoms with Crippen LogP contribution in [0.4, 0.5) is 0 Å². The summed E-state index contributed by atoms with van der Waals surface area (Å²) < 4.78 is 37.2. The molecule has 4 rings (SSSR count). The van der Waals surface area contributed by atoms with Crippen molar-refractivity contribution in [1.29, 1.82) is 0 Å². The van der Waals surface area contributed by atoms with Crippen molar-refractivity contribution < 1.29 is 52.7 Å². The number of nitrogens with zero attached hydrogens (tertiary/aromatic N) is 1. The highest BCUT2D eigenvalue weighted by Crippen LogP contribution is 2.44. The average molecular weight is 656 g/mol. The summed E-state index contributed by atoms with van der Waals surface area (Å²) in [6, 6.07) is -2.26. The maximum atomic E-state index is 14.3. The van der Waals surface area contributed by atoms with E-state index in [-0.39, 0.29) is 12.2 Å². The number of ketones is 1. The Hall–Kier alpha value is -2.45. The Morgan fingerprint density at radius 3 is 2.00 bits per heavy atom. The topological polar surface area (TPSA) is 190 Å². The zero-order valence-corrected chi connectivity index (χ0v) is 26.8. The van der Waals surface area contributed by atoms with Crippen LogP contribution in [0.5, 0.6) is 0 Å². The first kappa shape index (κ1) is 35.4. The molecule has 2 saturated carbocycles. The number of hydrogen-bond acceptors (Lipinski definition) is 11. The van der Waals surface area contributed by atoms with Gasteiger partial charge in [-0.2, -0.15) is 0 Å². The quantitative estimate of drug-likeness (QED) is 0.0978. The summed E-state index contributed by atoms with van der Waals surface area (Å²) in [6.45, 7) is 5.91. The van der Waals surface area contributed by atoms with Crippen LogP contribution in [0.3, 0.4) is 0 Å². The molecule has 2 aliphatic heterocycles. The van der Waals surface area contributed by atoms with Gasteiger partial charge in [0, 0.05) is 6.20 Å². The normalized spacial score (nSPS) is 29.8. The lowest BCUT2D eigenvalue weighted by atomic mass is 9.96. The van der Waals surface area contributed by atoms with E-state index in [4.69, 9.17) is 18.7 Å². The molecule has 4 aliphatic rings. The Morgan fingerprint density at radius 1 is 1.02 bits per heavy atom. The number of amides is 1. The SMILES string of the molecule is C=C[C@]1(COP(=O)(N[C@@H](C)C(=O)OC2CCCCC2)N[C@@H](C)C(=O)OC2CCCCC2)O[C@@H](N2C=CC(=O)CC2=O)[C@H](O)[C@@H]1O. The third kappa shape index (κ3) is 8.88. The zero-order chi connectivity index (χ0) is 32.8. The van der Waals surface area contributed by atoms with E-state index in [1.807, 2.05) is 0 Å². The fourth-order valence-electron chi connectivity index (χ4n) is 5.97. The van der Waals surface area contributed by atoms with Crippen LogP contribution in [0.1, 0.15) is 84.5 Å². The number of rotatable bonds is 13. The molecule has 0 spiro atoms. The lowest BCUT2D eigenvalue weighted by molar-refractivity contribution is -0.153. The molecule has 1 amide bonds. The van der Waals surface area contributed by atoms with Gasteiger partial charge in [-0.3, -0.25) is 28.6 Å². The molecule has 0 bridgehead atoms. The summed E-state index contributed by atoms with van der Waals surface area (Å²) in [5, 5.41) is 27.1. The third-order valence-electron chi connectivity index (χ3n) is 8.69. The number of hydrogen-bond donors (Lipinski definition) is 4. The van der Waals surface area contributed by atoms with E-state index in [1.165, 1.54) is 13.8 Å². The van der Waals surface area contributed by atoms with Gasteiger partial charge in [-0.25, -0.2) is 10.2 Å². The van der Waals surface area contributed by atoms with Gasteiger partial charge >= 0.3 is 19.6 Å². The van der Waals surface area contributed by atoms with E-state index in [0.29, 0.717) is 0 Å². The molecule has 2 heterocycles. The highest BCUT2D eigenvalue weighted by molar-refractivity contribution is 7.54. The van der Waals surface area contributed by atoms with Gasteiger partial charge < -0.3 is 28.9 Å². The maximum Gasteiger partial charge on any atom is 0.342 e. The van der Waals surface area contributed by atoms with Crippen LogP contribution in [0.2, 0.25) is 0 Å². The Morgan fingerprint density at radius 2 is 1.53 bits per heavy atom. The predicted octanol–water partition coefficient (Wildman–Crippen LogP) is 2.14. The minimum Gasteiger partial charge on any atom is -0.461 e. The number of esters is 2. The molecule has 0 unspecified atom stereocenters. The first-order valence-electron chi connectivity index (χ1n) is 15.8. The lowest BCUT2D eigenvalue weighted by Gasteiger charge is -2.33. The predicted molar refractivity (Wildman–Crippen MR) is 160 cm³/mol. The molecule has 0 aromatic heterocycles. The van der Waals surface area contributed by atoms with Crippen molar-refractivity contribution in [3.05, 3.63) is 24.9 Å². The third-order valence-corrected chi connectivity index (χ3v) is 10.6. The van der Waals surface area contributed by atoms with Crippen LogP contribution in [0, 0.1) is 0 Å². The molecule has 0 radical (unpaired) electrons. The van der Waals surface area contributed by atoms with Crippen molar-refractivity contribution in [2.75, 3.05) is 6.61 Å². The van der Waals surface area contributed by atoms with Crippen molar-refractivity contribution in [2.45, 2.75) is 133 Å². The summed E-state index contributed by atoms with van der Waals surface area (Å²) in [5.74, 6) is -2.38. The number of allylic oxidation sites excluding steroid dienone is 1. The van der Waals surface area contributed by atoms with Gasteiger partial charge in [-0.15, -0.1) is 6.58 Å². The summed E-state index contributed by atoms with van der Waals surface area (Å²) in [5.41, 5.74) is -1.88. The van der Waals surface area contributed by atoms with Gasteiger partial charge in [0.1, 0.15) is 42.1 Å². The largest absolute Gasteiger partial charge is 0.461 e. The van der Waals surface area contributed by atoms with Crippen molar-refractivity contribution >= 4 is 31.3 Å². The van der Waals surface area contributed by atoms with Crippen molar-refractivity contribution in [2.24, 2.45) is 0 Å². The van der Waals surface area contributed by atoms with Crippen LogP contribution >= 0.6 is 7.67 Å². The number of ether oxygens (including phenoxy) is 3. The number of aliphatic hydroxyl groups excluding tert-OH is 2. The molecular formula is C30H46N3O11P. The highest BCUT2D eigenvalue weighted by Gasteiger charge is 2.56. The molecule has 15 heteroatoms. The molecule has 14 nitrogen and oxygen atoms in total. The van der Waals surface area contributed by atoms with E-state index >= 15 is 0 Å². The summed E-state index contributed by atoms with van der Waals surface area (Å²) in [4.78, 5) is 51.0. The molecule has 1 saturated heterocycles. The van der Waals surface area contributed by atoms with E-state index in [2.05, 4.69) is 16.8 Å². The Kier molecular flexibility index (Phi) is 12.1. The second kappa shape index (κ2) is 15.4. The van der Waals surface area contributed by atoms with Crippen LogP contribution in [0.25, 0.3) is 0 Å². The smallest absolute Gasteiger partial charge is 0.342 e. The van der Waals surface area contributed by atoms with Gasteiger partial charge in [0.25, 0.3) is 0 Å². The Balaban J connectivity index is 1.49. The standard InChI is InChI=1S/C30H46N3O11P/c1-4-30(26(37)25(36)27(44-30)33-16-15-21(34)17-24(33)35)18-41-45(40,31-19(2)28(38)42-22-11-7-5-8-12-22)32-20(3)29(39)43-23-13-9-6-10-14-23/h4,15-16,19-20,22-23,25-27,36-37H,1,5-14,17-18H2,2-3H3,(H2,31,32,40)/t19-,20-,25+,26-,27+,30+/m0/s1. The number of carbonyl (C=O) groups is 4. The van der Waals surface area contributed by atoms with E-state index in [1.54, 1.807) is 0 Å². The monoisotopic (exact) mass is 655 g/mol. The van der Waals surface area contributed by atoms with Crippen molar-refractivity contribution in [3.63, 3.8) is 0 Å². The number of nitrogens with one attached hydrogen (secondary N) is 2. The minimum atomic E-state index is -4.33. The van der Waals surface area contributed by atoms with Crippen LogP contribution in [-0.2, 0) is 42.5 Å². The highest BCUT2D eigenvalue weighted by atomic mass is 31.2. The first-order valence-corrected chi connectivity index (χ1v) is 17.4.